The van der Waals surface area contributed by atoms with Gasteiger partial charge >= 0.3 is 18.3 Å². The number of hydrogen-bond acceptors (Lipinski definition) is 4. The second-order valence-corrected chi connectivity index (χ2v) is 10.8. The predicted molar refractivity (Wildman–Crippen MR) is 141 cm³/mol. The second kappa shape index (κ2) is 14.0. The molecule has 0 saturated heterocycles. The van der Waals surface area contributed by atoms with E-state index in [-0.39, 0.29) is 43.1 Å². The van der Waals surface area contributed by atoms with Crippen LogP contribution in [0, 0.1) is 29.4 Å². The Morgan fingerprint density at radius 3 is 1.84 bits per heavy atom. The van der Waals surface area contributed by atoms with Gasteiger partial charge in [0.15, 0.2) is 6.26 Å². The molecule has 4 nitrogen and oxygen atoms in total. The summed E-state index contributed by atoms with van der Waals surface area (Å²) in [4.78, 5) is 0. The Bertz CT molecular complexity index is 1220. The third kappa shape index (κ3) is 8.64. The molecule has 12 heteroatoms. The first-order valence-electron chi connectivity index (χ1n) is 14.0. The third-order valence-corrected chi connectivity index (χ3v) is 8.00. The summed E-state index contributed by atoms with van der Waals surface area (Å²) < 4.78 is 132. The molecule has 0 aliphatic heterocycles. The zero-order valence-electron chi connectivity index (χ0n) is 23.2. The zero-order chi connectivity index (χ0) is 31.2. The SMILES string of the molecule is C=CCOC1CCC(C2CCC(C(F)(F)Oc3cc(F)c(C(F)(F)Oc4ccc(OC=C(F)F)cc4)c(F)c3)CC2)CC1. The molecule has 0 aromatic heterocycles. The van der Waals surface area contributed by atoms with E-state index in [1.165, 1.54) is 0 Å². The highest BCUT2D eigenvalue weighted by molar-refractivity contribution is 5.35. The minimum atomic E-state index is -4.56. The quantitative estimate of drug-likeness (QED) is 0.135. The van der Waals surface area contributed by atoms with Gasteiger partial charge in [-0.1, -0.05) is 6.08 Å². The number of alkyl halides is 4. The van der Waals surface area contributed by atoms with Crippen LogP contribution >= 0.6 is 0 Å². The molecule has 2 aliphatic carbocycles. The van der Waals surface area contributed by atoms with E-state index in [0.717, 1.165) is 49.9 Å². The zero-order valence-corrected chi connectivity index (χ0v) is 23.2. The highest BCUT2D eigenvalue weighted by Gasteiger charge is 2.46. The van der Waals surface area contributed by atoms with Crippen molar-refractivity contribution in [1.82, 2.24) is 0 Å². The summed E-state index contributed by atoms with van der Waals surface area (Å²) >= 11 is 0. The monoisotopic (exact) mass is 620 g/mol. The lowest BCUT2D eigenvalue weighted by molar-refractivity contribution is -0.224. The van der Waals surface area contributed by atoms with Crippen LogP contribution in [-0.2, 0) is 10.8 Å². The van der Waals surface area contributed by atoms with Gasteiger partial charge in [0.05, 0.1) is 18.6 Å². The summed E-state index contributed by atoms with van der Waals surface area (Å²) in [6.45, 7) is 4.14. The molecule has 0 spiro atoms. The second-order valence-electron chi connectivity index (χ2n) is 10.8. The first-order valence-corrected chi connectivity index (χ1v) is 14.0. The fourth-order valence-electron chi connectivity index (χ4n) is 5.88. The first kappa shape index (κ1) is 32.6. The summed E-state index contributed by atoms with van der Waals surface area (Å²) in [6, 6.07) is 4.34. The first-order chi connectivity index (χ1) is 20.4. The van der Waals surface area contributed by atoms with Gasteiger partial charge in [-0.05, 0) is 87.5 Å². The molecule has 0 amide bonds. The highest BCUT2D eigenvalue weighted by atomic mass is 19.3. The summed E-state index contributed by atoms with van der Waals surface area (Å²) in [7, 11) is 0. The van der Waals surface area contributed by atoms with Gasteiger partial charge in [-0.15, -0.1) is 6.58 Å². The molecule has 2 saturated carbocycles. The standard InChI is InChI=1S/C31H32F8O4/c1-2-15-40-22-9-5-20(6-10-22)19-3-7-21(8-4-19)30(36,37)43-25-16-26(32)29(27(33)17-25)31(38,39)42-24-13-11-23(12-14-24)41-18-28(34)35/h2,11-14,16-22H,1,3-10,15H2. The van der Waals surface area contributed by atoms with Gasteiger partial charge in [-0.2, -0.15) is 26.3 Å². The molecule has 0 bridgehead atoms. The number of hydrogen-bond donors (Lipinski definition) is 0. The van der Waals surface area contributed by atoms with Crippen molar-refractivity contribution in [1.29, 1.82) is 0 Å². The Hall–Kier alpha value is -3.28. The fraction of sp³-hybridized carbons (Fsp3) is 0.484. The number of halogens is 8. The molecule has 236 valence electrons. The van der Waals surface area contributed by atoms with Crippen molar-refractivity contribution in [3.05, 3.63) is 78.6 Å². The van der Waals surface area contributed by atoms with Crippen molar-refractivity contribution in [2.45, 2.75) is 69.7 Å². The van der Waals surface area contributed by atoms with Gasteiger partial charge in [0.1, 0.15) is 34.4 Å². The number of ether oxygens (including phenoxy) is 4. The largest absolute Gasteiger partial charge is 0.459 e. The molecule has 0 atom stereocenters. The molecular formula is C31H32F8O4. The Balaban J connectivity index is 1.34. The molecule has 2 aromatic carbocycles. The molecule has 2 aromatic rings. The molecule has 2 fully saturated rings. The average Bonchev–Trinajstić information content (AvgIpc) is 2.95. The number of rotatable bonds is 12. The van der Waals surface area contributed by atoms with Crippen molar-refractivity contribution < 1.29 is 54.1 Å². The molecule has 0 unspecified atom stereocenters. The summed E-state index contributed by atoms with van der Waals surface area (Å²) in [6.07, 6.45) is -3.25. The van der Waals surface area contributed by atoms with Gasteiger partial charge in [0, 0.05) is 12.1 Å². The van der Waals surface area contributed by atoms with Crippen molar-refractivity contribution in [2.75, 3.05) is 6.61 Å². The van der Waals surface area contributed by atoms with Crippen molar-refractivity contribution in [3.63, 3.8) is 0 Å². The Morgan fingerprint density at radius 1 is 0.767 bits per heavy atom. The molecular weight excluding hydrogens is 588 g/mol. The van der Waals surface area contributed by atoms with E-state index in [1.807, 2.05) is 0 Å². The molecule has 0 radical (unpaired) electrons. The van der Waals surface area contributed by atoms with Crippen LogP contribution in [-0.4, -0.2) is 18.8 Å². The van der Waals surface area contributed by atoms with Crippen molar-refractivity contribution in [3.8, 4) is 17.2 Å². The topological polar surface area (TPSA) is 36.9 Å². The third-order valence-electron chi connectivity index (χ3n) is 8.00. The maximum atomic E-state index is 15.0. The van der Waals surface area contributed by atoms with E-state index < -0.39 is 52.9 Å². The normalized spacial score (nSPS) is 22.9. The van der Waals surface area contributed by atoms with Crippen LogP contribution in [0.3, 0.4) is 0 Å². The molecule has 4 rings (SSSR count). The lowest BCUT2D eigenvalue weighted by atomic mass is 9.70. The fourth-order valence-corrected chi connectivity index (χ4v) is 5.88. The van der Waals surface area contributed by atoms with Crippen LogP contribution in [0.2, 0.25) is 0 Å². The van der Waals surface area contributed by atoms with E-state index >= 15 is 8.78 Å². The Labute approximate surface area is 244 Å². The van der Waals surface area contributed by atoms with Gasteiger partial charge in [-0.3, -0.25) is 0 Å². The maximum absolute atomic E-state index is 15.0. The smallest absolute Gasteiger partial charge is 0.432 e. The highest BCUT2D eigenvalue weighted by Crippen LogP contribution is 2.46. The molecule has 0 N–H and O–H groups in total. The predicted octanol–water partition coefficient (Wildman–Crippen LogP) is 9.75. The van der Waals surface area contributed by atoms with Crippen LogP contribution in [0.4, 0.5) is 35.1 Å². The lowest BCUT2D eigenvalue weighted by Crippen LogP contribution is -2.38. The lowest BCUT2D eigenvalue weighted by Gasteiger charge is -2.39. The summed E-state index contributed by atoms with van der Waals surface area (Å²) in [5.41, 5.74) is -1.81. The van der Waals surface area contributed by atoms with Gasteiger partial charge < -0.3 is 18.9 Å². The maximum Gasteiger partial charge on any atom is 0.432 e. The average molecular weight is 621 g/mol. The minimum Gasteiger partial charge on any atom is -0.459 e. The van der Waals surface area contributed by atoms with Crippen LogP contribution in [0.15, 0.2) is 61.4 Å². The van der Waals surface area contributed by atoms with E-state index in [0.29, 0.717) is 31.3 Å². The van der Waals surface area contributed by atoms with Crippen LogP contribution in [0.1, 0.15) is 56.9 Å². The molecule has 43 heavy (non-hydrogen) atoms. The Kier molecular flexibility index (Phi) is 10.6. The van der Waals surface area contributed by atoms with E-state index in [2.05, 4.69) is 20.8 Å². The van der Waals surface area contributed by atoms with Crippen molar-refractivity contribution in [2.24, 2.45) is 17.8 Å². The Morgan fingerprint density at radius 2 is 1.30 bits per heavy atom. The molecule has 2 aliphatic rings. The van der Waals surface area contributed by atoms with Crippen LogP contribution in [0.25, 0.3) is 0 Å². The van der Waals surface area contributed by atoms with Crippen molar-refractivity contribution >= 4 is 0 Å². The van der Waals surface area contributed by atoms with Crippen LogP contribution in [0.5, 0.6) is 17.2 Å². The minimum absolute atomic E-state index is 0.127. The van der Waals surface area contributed by atoms with E-state index in [9.17, 15) is 26.3 Å². The van der Waals surface area contributed by atoms with E-state index in [1.54, 1.807) is 6.08 Å². The van der Waals surface area contributed by atoms with E-state index in [4.69, 9.17) is 4.74 Å². The summed E-state index contributed by atoms with van der Waals surface area (Å²) in [5, 5.41) is 0. The number of benzene rings is 2. The van der Waals surface area contributed by atoms with Gasteiger partial charge in [-0.25, -0.2) is 8.78 Å². The summed E-state index contributed by atoms with van der Waals surface area (Å²) in [5.74, 6) is -5.84. The van der Waals surface area contributed by atoms with Gasteiger partial charge in [0.2, 0.25) is 0 Å². The van der Waals surface area contributed by atoms with Gasteiger partial charge in [0.25, 0.3) is 0 Å². The van der Waals surface area contributed by atoms with Crippen LogP contribution < -0.4 is 14.2 Å². The molecule has 0 heterocycles.